The van der Waals surface area contributed by atoms with Crippen molar-refractivity contribution < 1.29 is 0 Å². The molecule has 0 fully saturated rings. The molecular formula is C8H8BrN3. The first kappa shape index (κ1) is 9.10. The number of hydrogen-bond donors (Lipinski definition) is 0. The van der Waals surface area contributed by atoms with Gasteiger partial charge in [-0.25, -0.2) is 0 Å². The summed E-state index contributed by atoms with van der Waals surface area (Å²) < 4.78 is 1.03. The predicted octanol–water partition coefficient (Wildman–Crippen LogP) is 3.82. The lowest BCUT2D eigenvalue weighted by Crippen LogP contribution is -1.86. The fourth-order valence-electron chi connectivity index (χ4n) is 0.885. The summed E-state index contributed by atoms with van der Waals surface area (Å²) in [5.74, 6) is 0. The maximum atomic E-state index is 8.20. The third-order valence-electron chi connectivity index (χ3n) is 1.58. The van der Waals surface area contributed by atoms with E-state index in [1.165, 1.54) is 0 Å². The van der Waals surface area contributed by atoms with Gasteiger partial charge in [-0.1, -0.05) is 40.1 Å². The molecule has 0 saturated heterocycles. The topological polar surface area (TPSA) is 48.8 Å². The van der Waals surface area contributed by atoms with Crippen LogP contribution in [0.25, 0.3) is 10.4 Å². The first-order valence-corrected chi connectivity index (χ1v) is 4.33. The Bertz CT molecular complexity index is 301. The summed E-state index contributed by atoms with van der Waals surface area (Å²) in [5.41, 5.74) is 9.23. The van der Waals surface area contributed by atoms with E-state index in [4.69, 9.17) is 5.53 Å². The zero-order valence-electron chi connectivity index (χ0n) is 6.61. The van der Waals surface area contributed by atoms with Crippen LogP contribution >= 0.6 is 15.9 Å². The van der Waals surface area contributed by atoms with Crippen LogP contribution in [-0.4, -0.2) is 0 Å². The average Bonchev–Trinajstić information content (AvgIpc) is 2.06. The summed E-state index contributed by atoms with van der Waals surface area (Å²) in [6.45, 7) is 1.86. The molecule has 0 spiro atoms. The molecule has 0 bridgehead atoms. The number of benzene rings is 1. The molecule has 12 heavy (non-hydrogen) atoms. The van der Waals surface area contributed by atoms with Gasteiger partial charge in [0.25, 0.3) is 0 Å². The van der Waals surface area contributed by atoms with E-state index < -0.39 is 0 Å². The highest BCUT2D eigenvalue weighted by Gasteiger charge is 2.00. The maximum absolute atomic E-state index is 8.20. The number of hydrogen-bond acceptors (Lipinski definition) is 1. The van der Waals surface area contributed by atoms with Crippen LogP contribution in [0.2, 0.25) is 0 Å². The Kier molecular flexibility index (Phi) is 3.14. The molecule has 0 unspecified atom stereocenters. The zero-order chi connectivity index (χ0) is 8.97. The van der Waals surface area contributed by atoms with Gasteiger partial charge in [-0.3, -0.25) is 0 Å². The average molecular weight is 226 g/mol. The van der Waals surface area contributed by atoms with E-state index in [-0.39, 0.29) is 6.04 Å². The molecule has 0 aliphatic rings. The second-order valence-electron chi connectivity index (χ2n) is 2.43. The molecule has 1 aromatic carbocycles. The molecule has 1 rings (SSSR count). The lowest BCUT2D eigenvalue weighted by molar-refractivity contribution is 0.807. The maximum Gasteiger partial charge on any atom is 0.0597 e. The number of azide groups is 1. The minimum Gasteiger partial charge on any atom is -0.0862 e. The van der Waals surface area contributed by atoms with Crippen molar-refractivity contribution in [3.05, 3.63) is 44.7 Å². The molecule has 1 atom stereocenters. The van der Waals surface area contributed by atoms with Crippen molar-refractivity contribution in [3.8, 4) is 0 Å². The highest BCUT2D eigenvalue weighted by molar-refractivity contribution is 9.10. The SMILES string of the molecule is C[C@@H](N=[N+]=[N-])c1ccc(Br)cc1. The van der Waals surface area contributed by atoms with E-state index in [9.17, 15) is 0 Å². The Morgan fingerprint density at radius 2 is 2.00 bits per heavy atom. The van der Waals surface area contributed by atoms with Gasteiger partial charge in [0.05, 0.1) is 6.04 Å². The summed E-state index contributed by atoms with van der Waals surface area (Å²) in [5, 5.41) is 3.59. The molecule has 0 radical (unpaired) electrons. The lowest BCUT2D eigenvalue weighted by atomic mass is 10.1. The lowest BCUT2D eigenvalue weighted by Gasteiger charge is -2.03. The molecule has 0 heterocycles. The minimum absolute atomic E-state index is 0.0944. The summed E-state index contributed by atoms with van der Waals surface area (Å²) in [7, 11) is 0. The molecule has 4 heteroatoms. The van der Waals surface area contributed by atoms with Gasteiger partial charge in [-0.05, 0) is 23.2 Å². The van der Waals surface area contributed by atoms with Gasteiger partial charge in [-0.2, -0.15) is 0 Å². The van der Waals surface area contributed by atoms with Crippen LogP contribution in [0.1, 0.15) is 18.5 Å². The number of rotatable bonds is 2. The van der Waals surface area contributed by atoms with Crippen molar-refractivity contribution in [1.29, 1.82) is 0 Å². The van der Waals surface area contributed by atoms with E-state index in [1.54, 1.807) is 0 Å². The third kappa shape index (κ3) is 2.26. The van der Waals surface area contributed by atoms with Crippen LogP contribution in [-0.2, 0) is 0 Å². The second kappa shape index (κ2) is 4.14. The second-order valence-corrected chi connectivity index (χ2v) is 3.35. The quantitative estimate of drug-likeness (QED) is 0.418. The van der Waals surface area contributed by atoms with E-state index >= 15 is 0 Å². The first-order valence-electron chi connectivity index (χ1n) is 3.53. The Morgan fingerprint density at radius 1 is 1.42 bits per heavy atom. The monoisotopic (exact) mass is 225 g/mol. The van der Waals surface area contributed by atoms with Gasteiger partial charge in [0, 0.05) is 9.38 Å². The molecule has 1 aromatic rings. The Balaban J connectivity index is 2.89. The Morgan fingerprint density at radius 3 is 2.50 bits per heavy atom. The Labute approximate surface area is 79.2 Å². The molecule has 0 amide bonds. The number of nitrogens with zero attached hydrogens (tertiary/aromatic N) is 3. The molecular weight excluding hydrogens is 218 g/mol. The fraction of sp³-hybridized carbons (Fsp3) is 0.250. The largest absolute Gasteiger partial charge is 0.0862 e. The van der Waals surface area contributed by atoms with Crippen LogP contribution in [0, 0.1) is 0 Å². The van der Waals surface area contributed by atoms with E-state index in [0.29, 0.717) is 0 Å². The van der Waals surface area contributed by atoms with Crippen LogP contribution in [0.5, 0.6) is 0 Å². The van der Waals surface area contributed by atoms with Gasteiger partial charge >= 0.3 is 0 Å². The molecule has 0 saturated carbocycles. The molecule has 0 aromatic heterocycles. The predicted molar refractivity (Wildman–Crippen MR) is 51.7 cm³/mol. The first-order chi connectivity index (χ1) is 5.74. The van der Waals surface area contributed by atoms with Crippen LogP contribution in [0.15, 0.2) is 33.9 Å². The molecule has 3 nitrogen and oxygen atoms in total. The van der Waals surface area contributed by atoms with Crippen LogP contribution < -0.4 is 0 Å². The van der Waals surface area contributed by atoms with Crippen molar-refractivity contribution in [2.45, 2.75) is 13.0 Å². The fourth-order valence-corrected chi connectivity index (χ4v) is 1.15. The summed E-state index contributed by atoms with van der Waals surface area (Å²) in [4.78, 5) is 2.75. The van der Waals surface area contributed by atoms with Gasteiger partial charge in [0.15, 0.2) is 0 Å². The third-order valence-corrected chi connectivity index (χ3v) is 2.11. The van der Waals surface area contributed by atoms with E-state index in [0.717, 1.165) is 10.0 Å². The standard InChI is InChI=1S/C8H8BrN3/c1-6(11-12-10)7-2-4-8(9)5-3-7/h2-6H,1H3/t6-/m1/s1. The normalized spacial score (nSPS) is 11.8. The highest BCUT2D eigenvalue weighted by Crippen LogP contribution is 2.19. The van der Waals surface area contributed by atoms with E-state index in [1.807, 2.05) is 31.2 Å². The van der Waals surface area contributed by atoms with E-state index in [2.05, 4.69) is 26.0 Å². The van der Waals surface area contributed by atoms with Crippen molar-refractivity contribution in [2.75, 3.05) is 0 Å². The molecule has 62 valence electrons. The van der Waals surface area contributed by atoms with Crippen molar-refractivity contribution in [2.24, 2.45) is 5.11 Å². The highest BCUT2D eigenvalue weighted by atomic mass is 79.9. The van der Waals surface area contributed by atoms with Crippen LogP contribution in [0.3, 0.4) is 0 Å². The number of halogens is 1. The molecule has 0 aliphatic heterocycles. The van der Waals surface area contributed by atoms with Crippen molar-refractivity contribution >= 4 is 15.9 Å². The van der Waals surface area contributed by atoms with Crippen molar-refractivity contribution in [3.63, 3.8) is 0 Å². The van der Waals surface area contributed by atoms with Crippen LogP contribution in [0.4, 0.5) is 0 Å². The van der Waals surface area contributed by atoms with Crippen molar-refractivity contribution in [1.82, 2.24) is 0 Å². The van der Waals surface area contributed by atoms with Gasteiger partial charge in [0.2, 0.25) is 0 Å². The van der Waals surface area contributed by atoms with Gasteiger partial charge < -0.3 is 0 Å². The minimum atomic E-state index is -0.0944. The van der Waals surface area contributed by atoms with Gasteiger partial charge in [0.1, 0.15) is 0 Å². The summed E-state index contributed by atoms with van der Waals surface area (Å²) in [6.07, 6.45) is 0. The zero-order valence-corrected chi connectivity index (χ0v) is 8.19. The summed E-state index contributed by atoms with van der Waals surface area (Å²) in [6, 6.07) is 7.63. The molecule has 0 aliphatic carbocycles. The smallest absolute Gasteiger partial charge is 0.0597 e. The Hall–Kier alpha value is -0.990. The molecule has 0 N–H and O–H groups in total. The van der Waals surface area contributed by atoms with Gasteiger partial charge in [-0.15, -0.1) is 0 Å². The summed E-state index contributed by atoms with van der Waals surface area (Å²) >= 11 is 3.33.